The van der Waals surface area contributed by atoms with E-state index in [0.717, 1.165) is 0 Å². The highest BCUT2D eigenvalue weighted by Gasteiger charge is 2.26. The van der Waals surface area contributed by atoms with Crippen LogP contribution in [-0.2, 0) is 0 Å². The van der Waals surface area contributed by atoms with Gasteiger partial charge in [0.15, 0.2) is 0 Å². The first-order valence-electron chi connectivity index (χ1n) is 5.96. The van der Waals surface area contributed by atoms with Crippen molar-refractivity contribution in [2.45, 2.75) is 12.1 Å². The molecule has 2 atom stereocenters. The molecule has 7 heteroatoms. The molecule has 0 radical (unpaired) electrons. The third-order valence-electron chi connectivity index (χ3n) is 3.12. The standard InChI is InChI=1S/C14H12Cl4N2O/c15-7-2-1-3-8(16)11(7)13(19)14(20)12-9(17)4-6(21)5-10(12)18/h1-5,13-14,21H,19-20H2. The van der Waals surface area contributed by atoms with Crippen molar-refractivity contribution in [3.05, 3.63) is 61.5 Å². The van der Waals surface area contributed by atoms with Crippen LogP contribution in [0.2, 0.25) is 20.1 Å². The first-order chi connectivity index (χ1) is 9.82. The predicted octanol–water partition coefficient (Wildman–Crippen LogP) is 4.71. The summed E-state index contributed by atoms with van der Waals surface area (Å²) in [6, 6.07) is 6.33. The molecule has 2 aromatic carbocycles. The number of phenols is 1. The Morgan fingerprint density at radius 3 is 1.57 bits per heavy atom. The lowest BCUT2D eigenvalue weighted by Gasteiger charge is -2.24. The zero-order chi connectivity index (χ0) is 15.7. The van der Waals surface area contributed by atoms with Gasteiger partial charge in [-0.3, -0.25) is 0 Å². The van der Waals surface area contributed by atoms with E-state index in [2.05, 4.69) is 0 Å². The van der Waals surface area contributed by atoms with Crippen molar-refractivity contribution < 1.29 is 5.11 Å². The van der Waals surface area contributed by atoms with E-state index >= 15 is 0 Å². The summed E-state index contributed by atoms with van der Waals surface area (Å²) < 4.78 is 0. The van der Waals surface area contributed by atoms with E-state index in [1.54, 1.807) is 18.2 Å². The lowest BCUT2D eigenvalue weighted by molar-refractivity contribution is 0.474. The number of halogens is 4. The maximum absolute atomic E-state index is 9.46. The van der Waals surface area contributed by atoms with E-state index in [-0.39, 0.29) is 15.8 Å². The summed E-state index contributed by atoms with van der Waals surface area (Å²) in [4.78, 5) is 0. The molecule has 0 fully saturated rings. The van der Waals surface area contributed by atoms with Gasteiger partial charge in [0.05, 0.1) is 22.1 Å². The zero-order valence-corrected chi connectivity index (χ0v) is 13.7. The number of rotatable bonds is 3. The molecule has 0 saturated heterocycles. The van der Waals surface area contributed by atoms with Crippen LogP contribution in [0.3, 0.4) is 0 Å². The van der Waals surface area contributed by atoms with Gasteiger partial charge in [0.1, 0.15) is 5.75 Å². The van der Waals surface area contributed by atoms with Crippen LogP contribution in [0, 0.1) is 0 Å². The van der Waals surface area contributed by atoms with Gasteiger partial charge in [0.2, 0.25) is 0 Å². The molecule has 2 unspecified atom stereocenters. The van der Waals surface area contributed by atoms with Crippen molar-refractivity contribution in [3.8, 4) is 5.75 Å². The van der Waals surface area contributed by atoms with Crippen molar-refractivity contribution >= 4 is 46.4 Å². The number of aromatic hydroxyl groups is 1. The van der Waals surface area contributed by atoms with E-state index in [1.807, 2.05) is 0 Å². The maximum Gasteiger partial charge on any atom is 0.118 e. The lowest BCUT2D eigenvalue weighted by atomic mass is 9.94. The smallest absolute Gasteiger partial charge is 0.118 e. The average Bonchev–Trinajstić information content (AvgIpc) is 2.36. The van der Waals surface area contributed by atoms with Gasteiger partial charge in [-0.15, -0.1) is 0 Å². The highest BCUT2D eigenvalue weighted by Crippen LogP contribution is 2.40. The van der Waals surface area contributed by atoms with Crippen LogP contribution in [0.1, 0.15) is 23.2 Å². The molecule has 0 aliphatic carbocycles. The van der Waals surface area contributed by atoms with E-state index in [9.17, 15) is 5.11 Å². The second-order valence-electron chi connectivity index (χ2n) is 4.51. The van der Waals surface area contributed by atoms with E-state index < -0.39 is 12.1 Å². The molecule has 0 spiro atoms. The SMILES string of the molecule is NC(c1c(Cl)cccc1Cl)C(N)c1c(Cl)cc(O)cc1Cl. The van der Waals surface area contributed by atoms with Crippen LogP contribution < -0.4 is 11.5 Å². The van der Waals surface area contributed by atoms with Crippen molar-refractivity contribution in [1.29, 1.82) is 0 Å². The summed E-state index contributed by atoms with van der Waals surface area (Å²) in [6.07, 6.45) is 0. The second-order valence-corrected chi connectivity index (χ2v) is 6.14. The minimum Gasteiger partial charge on any atom is -0.508 e. The predicted molar refractivity (Wildman–Crippen MR) is 88.4 cm³/mol. The second kappa shape index (κ2) is 6.61. The molecule has 0 amide bonds. The van der Waals surface area contributed by atoms with Gasteiger partial charge in [-0.25, -0.2) is 0 Å². The van der Waals surface area contributed by atoms with Crippen LogP contribution >= 0.6 is 46.4 Å². The normalized spacial score (nSPS) is 14.0. The molecule has 0 aliphatic rings. The molecule has 21 heavy (non-hydrogen) atoms. The molecule has 0 aromatic heterocycles. The molecule has 5 N–H and O–H groups in total. The highest BCUT2D eigenvalue weighted by molar-refractivity contribution is 6.37. The van der Waals surface area contributed by atoms with Gasteiger partial charge in [-0.1, -0.05) is 52.5 Å². The number of phenolic OH excluding ortho intramolecular Hbond substituents is 1. The minimum absolute atomic E-state index is 0.0507. The number of hydrogen-bond donors (Lipinski definition) is 3. The van der Waals surface area contributed by atoms with Crippen molar-refractivity contribution in [3.63, 3.8) is 0 Å². The molecule has 3 nitrogen and oxygen atoms in total. The van der Waals surface area contributed by atoms with Gasteiger partial charge >= 0.3 is 0 Å². The number of hydrogen-bond acceptors (Lipinski definition) is 3. The highest BCUT2D eigenvalue weighted by atomic mass is 35.5. The Hall–Kier alpha value is -0.680. The Bertz CT molecular complexity index is 635. The van der Waals surface area contributed by atoms with Crippen molar-refractivity contribution in [1.82, 2.24) is 0 Å². The zero-order valence-electron chi connectivity index (χ0n) is 10.7. The Labute approximate surface area is 142 Å². The van der Waals surface area contributed by atoms with Crippen LogP contribution in [-0.4, -0.2) is 5.11 Å². The third-order valence-corrected chi connectivity index (χ3v) is 4.40. The summed E-state index contributed by atoms with van der Waals surface area (Å²) in [5, 5.41) is 10.7. The first-order valence-corrected chi connectivity index (χ1v) is 7.47. The Morgan fingerprint density at radius 2 is 1.14 bits per heavy atom. The lowest BCUT2D eigenvalue weighted by Crippen LogP contribution is -2.27. The quantitative estimate of drug-likeness (QED) is 0.737. The topological polar surface area (TPSA) is 72.3 Å². The van der Waals surface area contributed by atoms with Gasteiger partial charge in [0.25, 0.3) is 0 Å². The maximum atomic E-state index is 9.46. The summed E-state index contributed by atoms with van der Waals surface area (Å²) in [5.41, 5.74) is 13.3. The van der Waals surface area contributed by atoms with Gasteiger partial charge < -0.3 is 16.6 Å². The summed E-state index contributed by atoms with van der Waals surface area (Å²) in [6.45, 7) is 0. The number of benzene rings is 2. The van der Waals surface area contributed by atoms with Gasteiger partial charge in [-0.05, 0) is 24.3 Å². The fourth-order valence-corrected chi connectivity index (χ4v) is 3.45. The summed E-state index contributed by atoms with van der Waals surface area (Å²) >= 11 is 24.5. The monoisotopic (exact) mass is 364 g/mol. The van der Waals surface area contributed by atoms with Crippen LogP contribution in [0.25, 0.3) is 0 Å². The van der Waals surface area contributed by atoms with Crippen LogP contribution in [0.15, 0.2) is 30.3 Å². The Kier molecular flexibility index (Phi) is 5.25. The van der Waals surface area contributed by atoms with Gasteiger partial charge in [-0.2, -0.15) is 0 Å². The molecule has 0 bridgehead atoms. The molecule has 0 heterocycles. The summed E-state index contributed by atoms with van der Waals surface area (Å²) in [5.74, 6) is -0.0507. The summed E-state index contributed by atoms with van der Waals surface area (Å²) in [7, 11) is 0. The Morgan fingerprint density at radius 1 is 0.762 bits per heavy atom. The molecule has 112 valence electrons. The molecule has 0 aliphatic heterocycles. The van der Waals surface area contributed by atoms with E-state index in [4.69, 9.17) is 57.9 Å². The molecular formula is C14H12Cl4N2O. The fraction of sp³-hybridized carbons (Fsp3) is 0.143. The molecule has 2 rings (SSSR count). The Balaban J connectivity index is 2.47. The largest absolute Gasteiger partial charge is 0.508 e. The minimum atomic E-state index is -0.733. The van der Waals surface area contributed by atoms with E-state index in [1.165, 1.54) is 12.1 Å². The average molecular weight is 366 g/mol. The van der Waals surface area contributed by atoms with Gasteiger partial charge in [0, 0.05) is 21.2 Å². The van der Waals surface area contributed by atoms with Crippen LogP contribution in [0.5, 0.6) is 5.75 Å². The first kappa shape index (κ1) is 16.7. The van der Waals surface area contributed by atoms with E-state index in [0.29, 0.717) is 21.2 Å². The van der Waals surface area contributed by atoms with Crippen molar-refractivity contribution in [2.75, 3.05) is 0 Å². The number of nitrogens with two attached hydrogens (primary N) is 2. The molecular weight excluding hydrogens is 354 g/mol. The third kappa shape index (κ3) is 3.39. The van der Waals surface area contributed by atoms with Crippen LogP contribution in [0.4, 0.5) is 0 Å². The molecule has 2 aromatic rings. The molecule has 0 saturated carbocycles. The van der Waals surface area contributed by atoms with Crippen molar-refractivity contribution in [2.24, 2.45) is 11.5 Å². The fourth-order valence-electron chi connectivity index (χ4n) is 2.08.